The van der Waals surface area contributed by atoms with Crippen LogP contribution in [0.2, 0.25) is 0 Å². The first-order valence-corrected chi connectivity index (χ1v) is 14.7. The van der Waals surface area contributed by atoms with Crippen LogP contribution in [0.1, 0.15) is 44.6 Å². The van der Waals surface area contributed by atoms with Crippen molar-refractivity contribution in [1.82, 2.24) is 9.62 Å². The lowest BCUT2D eigenvalue weighted by Gasteiger charge is -2.38. The number of thioether (sulfide) groups is 1. The minimum Gasteiger partial charge on any atom is -0.504 e. The maximum atomic E-state index is 13.4. The summed E-state index contributed by atoms with van der Waals surface area (Å²) in [5, 5.41) is 18.1. The first-order chi connectivity index (χ1) is 18.7. The standard InChI is InChI=1S/C14H15FN2O3S.C14H20FNOS/c1-14(4-2-3-5-20-14)13(19)17-21-10-6-9(8-16)12(18)11(15)7-10;1-17-13-10-16(11-13)8-2-3-9-18-14-6-4-12(15)5-7-14/h6-7,18H,2-5H2,1H3,(H,17,19);4-7,13H,2-3,8-11H2,1H3. The lowest BCUT2D eigenvalue weighted by molar-refractivity contribution is -0.148. The number of nitrogens with zero attached hydrogens (tertiary/aromatic N) is 2. The number of unbranched alkanes of at least 4 members (excludes halogenated alkanes) is 1. The van der Waals surface area contributed by atoms with Crippen LogP contribution in [0.3, 0.4) is 0 Å². The van der Waals surface area contributed by atoms with Crippen LogP contribution in [0.5, 0.6) is 5.75 Å². The van der Waals surface area contributed by atoms with Crippen LogP contribution in [0, 0.1) is 23.0 Å². The highest BCUT2D eigenvalue weighted by molar-refractivity contribution is 7.99. The van der Waals surface area contributed by atoms with Crippen LogP contribution in [-0.4, -0.2) is 66.7 Å². The van der Waals surface area contributed by atoms with E-state index in [0.717, 1.165) is 54.6 Å². The predicted molar refractivity (Wildman–Crippen MR) is 149 cm³/mol. The Kier molecular flexibility index (Phi) is 12.3. The van der Waals surface area contributed by atoms with Crippen molar-refractivity contribution in [2.45, 2.75) is 60.5 Å². The van der Waals surface area contributed by atoms with Crippen LogP contribution in [0.15, 0.2) is 46.2 Å². The molecule has 2 heterocycles. The van der Waals surface area contributed by atoms with Crippen molar-refractivity contribution < 1.29 is 28.2 Å². The third kappa shape index (κ3) is 9.65. The highest BCUT2D eigenvalue weighted by Crippen LogP contribution is 2.29. The van der Waals surface area contributed by atoms with E-state index in [1.165, 1.54) is 37.6 Å². The number of nitriles is 1. The molecule has 1 atom stereocenters. The Balaban J connectivity index is 0.000000218. The number of hydrogen-bond donors (Lipinski definition) is 2. The van der Waals surface area contributed by atoms with Crippen molar-refractivity contribution in [3.63, 3.8) is 0 Å². The summed E-state index contributed by atoms with van der Waals surface area (Å²) in [5.74, 6) is -0.932. The highest BCUT2D eigenvalue weighted by atomic mass is 32.2. The van der Waals surface area contributed by atoms with Gasteiger partial charge >= 0.3 is 0 Å². The third-order valence-corrected chi connectivity index (χ3v) is 8.43. The van der Waals surface area contributed by atoms with Gasteiger partial charge in [-0.2, -0.15) is 5.26 Å². The van der Waals surface area contributed by atoms with Crippen molar-refractivity contribution >= 4 is 29.6 Å². The lowest BCUT2D eigenvalue weighted by atomic mass is 9.95. The number of aromatic hydroxyl groups is 1. The maximum absolute atomic E-state index is 13.4. The van der Waals surface area contributed by atoms with Gasteiger partial charge in [0.1, 0.15) is 17.5 Å². The topological polar surface area (TPSA) is 94.8 Å². The van der Waals surface area contributed by atoms with Crippen LogP contribution in [0.25, 0.3) is 0 Å². The number of ether oxygens (including phenoxy) is 2. The number of benzene rings is 2. The molecule has 2 fully saturated rings. The molecule has 4 rings (SSSR count). The van der Waals surface area contributed by atoms with Gasteiger partial charge in [-0.05, 0) is 99.7 Å². The van der Waals surface area contributed by atoms with Crippen molar-refractivity contribution in [2.75, 3.05) is 39.1 Å². The van der Waals surface area contributed by atoms with Gasteiger partial charge in [-0.15, -0.1) is 11.8 Å². The van der Waals surface area contributed by atoms with E-state index < -0.39 is 17.2 Å². The van der Waals surface area contributed by atoms with Gasteiger partial charge in [-0.3, -0.25) is 14.4 Å². The Hall–Kier alpha value is -2.36. The van der Waals surface area contributed by atoms with Gasteiger partial charge < -0.3 is 14.6 Å². The van der Waals surface area contributed by atoms with Crippen LogP contribution < -0.4 is 4.72 Å². The van der Waals surface area contributed by atoms with E-state index in [1.807, 2.05) is 12.1 Å². The molecular weight excluding hydrogens is 544 g/mol. The fourth-order valence-electron chi connectivity index (χ4n) is 4.06. The summed E-state index contributed by atoms with van der Waals surface area (Å²) in [6, 6.07) is 10.8. The number of phenolic OH excluding ortho intramolecular Hbond substituents is 1. The highest BCUT2D eigenvalue weighted by Gasteiger charge is 2.36. The molecule has 2 aliphatic rings. The zero-order valence-electron chi connectivity index (χ0n) is 22.3. The maximum Gasteiger partial charge on any atom is 0.262 e. The van der Waals surface area contributed by atoms with Crippen molar-refractivity contribution in [1.29, 1.82) is 5.26 Å². The molecule has 7 nitrogen and oxygen atoms in total. The number of carbonyl (C=O) groups is 1. The van der Waals surface area contributed by atoms with Crippen molar-refractivity contribution in [3.8, 4) is 11.8 Å². The minimum absolute atomic E-state index is 0.162. The van der Waals surface area contributed by atoms with Crippen LogP contribution in [0.4, 0.5) is 8.78 Å². The fourth-order valence-corrected chi connectivity index (χ4v) is 5.74. The summed E-state index contributed by atoms with van der Waals surface area (Å²) in [4.78, 5) is 16.0. The number of hydrogen-bond acceptors (Lipinski definition) is 8. The largest absolute Gasteiger partial charge is 0.504 e. The van der Waals surface area contributed by atoms with E-state index >= 15 is 0 Å². The first kappa shape index (κ1) is 31.2. The summed E-state index contributed by atoms with van der Waals surface area (Å²) in [7, 11) is 1.78. The van der Waals surface area contributed by atoms with Gasteiger partial charge in [0.05, 0.1) is 11.7 Å². The predicted octanol–water partition coefficient (Wildman–Crippen LogP) is 5.51. The Morgan fingerprint density at radius 3 is 2.62 bits per heavy atom. The van der Waals surface area contributed by atoms with Crippen LogP contribution >= 0.6 is 23.7 Å². The Morgan fingerprint density at radius 1 is 1.23 bits per heavy atom. The molecule has 1 amide bonds. The van der Waals surface area contributed by atoms with E-state index in [1.54, 1.807) is 31.9 Å². The Morgan fingerprint density at radius 2 is 1.97 bits per heavy atom. The third-order valence-electron chi connectivity index (χ3n) is 6.58. The molecule has 0 radical (unpaired) electrons. The summed E-state index contributed by atoms with van der Waals surface area (Å²) in [6.07, 6.45) is 5.37. The molecule has 2 saturated heterocycles. The number of halogens is 2. The molecule has 0 spiro atoms. The van der Waals surface area contributed by atoms with Crippen molar-refractivity contribution in [3.05, 3.63) is 53.6 Å². The Bertz CT molecular complexity index is 1120. The lowest BCUT2D eigenvalue weighted by Crippen LogP contribution is -2.51. The van der Waals surface area contributed by atoms with Gasteiger partial charge in [0.25, 0.3) is 5.91 Å². The number of phenols is 1. The molecule has 2 N–H and O–H groups in total. The van der Waals surface area contributed by atoms with Gasteiger partial charge in [-0.25, -0.2) is 8.78 Å². The minimum atomic E-state index is -0.897. The number of amides is 1. The van der Waals surface area contributed by atoms with Gasteiger partial charge in [0, 0.05) is 36.6 Å². The van der Waals surface area contributed by atoms with E-state index in [2.05, 4.69) is 9.62 Å². The van der Waals surface area contributed by atoms with Crippen LogP contribution in [-0.2, 0) is 14.3 Å². The molecule has 0 aromatic heterocycles. The van der Waals surface area contributed by atoms with Gasteiger partial charge in [0.2, 0.25) is 0 Å². The molecule has 0 saturated carbocycles. The Labute approximate surface area is 237 Å². The number of nitrogens with one attached hydrogen (secondary N) is 1. The second-order valence-corrected chi connectivity index (χ2v) is 11.7. The van der Waals surface area contributed by atoms with Crippen molar-refractivity contribution in [2.24, 2.45) is 0 Å². The number of carbonyl (C=O) groups excluding carboxylic acids is 1. The molecule has 212 valence electrons. The summed E-state index contributed by atoms with van der Waals surface area (Å²) in [6.45, 7) is 5.61. The molecule has 2 aliphatic heterocycles. The number of rotatable bonds is 10. The molecule has 2 aromatic rings. The quantitative estimate of drug-likeness (QED) is 0.216. The summed E-state index contributed by atoms with van der Waals surface area (Å²) >= 11 is 2.69. The molecular formula is C28H35F2N3O4S2. The first-order valence-electron chi connectivity index (χ1n) is 12.9. The average molecular weight is 580 g/mol. The van der Waals surface area contributed by atoms with E-state index in [0.29, 0.717) is 24.0 Å². The molecule has 2 aromatic carbocycles. The van der Waals surface area contributed by atoms with E-state index in [4.69, 9.17) is 14.7 Å². The van der Waals surface area contributed by atoms with E-state index in [-0.39, 0.29) is 17.3 Å². The second-order valence-electron chi connectivity index (χ2n) is 9.61. The molecule has 39 heavy (non-hydrogen) atoms. The normalized spacial score (nSPS) is 19.4. The SMILES string of the molecule is CC1(C(=O)NSc2cc(F)c(O)c(C#N)c2)CCCCO1.COC1CN(CCCCSc2ccc(F)cc2)C1. The zero-order valence-corrected chi connectivity index (χ0v) is 23.9. The molecule has 0 aliphatic carbocycles. The van der Waals surface area contributed by atoms with Gasteiger partial charge in [0.15, 0.2) is 11.6 Å². The number of likely N-dealkylation sites (tertiary alicyclic amines) is 1. The molecule has 1 unspecified atom stereocenters. The monoisotopic (exact) mass is 579 g/mol. The smallest absolute Gasteiger partial charge is 0.262 e. The van der Waals surface area contributed by atoms with E-state index in [9.17, 15) is 18.7 Å². The summed E-state index contributed by atoms with van der Waals surface area (Å²) < 4.78 is 39.5. The molecule has 0 bridgehead atoms. The molecule has 11 heteroatoms. The zero-order chi connectivity index (χ0) is 28.3. The second kappa shape index (κ2) is 15.4. The fraction of sp³-hybridized carbons (Fsp3) is 0.500. The van der Waals surface area contributed by atoms with Gasteiger partial charge in [-0.1, -0.05) is 0 Å². The average Bonchev–Trinajstić information content (AvgIpc) is 2.91. The number of methoxy groups -OCH3 is 1. The summed E-state index contributed by atoms with van der Waals surface area (Å²) in [5.41, 5.74) is -1.05.